The molecule has 3 aromatic rings. The van der Waals surface area contributed by atoms with Crippen LogP contribution < -0.4 is 10.3 Å². The van der Waals surface area contributed by atoms with E-state index >= 15 is 0 Å². The van der Waals surface area contributed by atoms with Crippen molar-refractivity contribution in [2.75, 3.05) is 5.01 Å². The molecule has 0 fully saturated rings. The summed E-state index contributed by atoms with van der Waals surface area (Å²) in [6.07, 6.45) is 0. The number of hydrogen-bond donors (Lipinski definition) is 1. The van der Waals surface area contributed by atoms with E-state index in [2.05, 4.69) is 25.9 Å². The van der Waals surface area contributed by atoms with Crippen molar-refractivity contribution in [3.8, 4) is 5.69 Å². The summed E-state index contributed by atoms with van der Waals surface area (Å²) in [6, 6.07) is 18.4. The fraction of sp³-hybridized carbons (Fsp3) is 0.111. The number of benzene rings is 2. The van der Waals surface area contributed by atoms with E-state index in [0.29, 0.717) is 10.8 Å². The maximum absolute atomic E-state index is 13.0. The molecule has 2 amide bonds. The van der Waals surface area contributed by atoms with Crippen molar-refractivity contribution in [3.63, 3.8) is 0 Å². The lowest BCUT2D eigenvalue weighted by Crippen LogP contribution is -2.38. The van der Waals surface area contributed by atoms with Crippen LogP contribution in [-0.2, 0) is 9.59 Å². The number of hydrazone groups is 1. The maximum Gasteiger partial charge on any atom is 0.268 e. The quantitative estimate of drug-likeness (QED) is 0.722. The minimum absolute atomic E-state index is 0.244. The first kappa shape index (κ1) is 17.9. The molecule has 28 heavy (non-hydrogen) atoms. The molecule has 2 aromatic carbocycles. The third kappa shape index (κ3) is 3.49. The van der Waals surface area contributed by atoms with Crippen molar-refractivity contribution >= 4 is 35.1 Å². The van der Waals surface area contributed by atoms with Crippen molar-refractivity contribution in [1.82, 2.24) is 25.5 Å². The van der Waals surface area contributed by atoms with Crippen LogP contribution in [-0.4, -0.2) is 43.1 Å². The lowest BCUT2D eigenvalue weighted by molar-refractivity contribution is -0.117. The molecule has 0 radical (unpaired) electrons. The Labute approximate surface area is 164 Å². The van der Waals surface area contributed by atoms with Gasteiger partial charge in [-0.2, -0.15) is 9.69 Å². The fourth-order valence-electron chi connectivity index (χ4n) is 2.66. The normalized spacial score (nSPS) is 16.2. The molecule has 10 heteroatoms. The topological polar surface area (TPSA) is 105 Å². The summed E-state index contributed by atoms with van der Waals surface area (Å²) < 4.78 is 1.54. The van der Waals surface area contributed by atoms with Gasteiger partial charge in [0.25, 0.3) is 5.91 Å². The Kier molecular flexibility index (Phi) is 4.85. The van der Waals surface area contributed by atoms with Crippen LogP contribution in [0.1, 0.15) is 6.92 Å². The second kappa shape index (κ2) is 7.61. The van der Waals surface area contributed by atoms with E-state index in [1.807, 2.05) is 48.5 Å². The van der Waals surface area contributed by atoms with Gasteiger partial charge in [-0.3, -0.25) is 9.59 Å². The molecular formula is C18H15N7O2S. The Morgan fingerprint density at radius 1 is 1.04 bits per heavy atom. The first-order chi connectivity index (χ1) is 13.6. The van der Waals surface area contributed by atoms with Gasteiger partial charge in [0.2, 0.25) is 11.1 Å². The predicted molar refractivity (Wildman–Crippen MR) is 104 cm³/mol. The lowest BCUT2D eigenvalue weighted by Gasteiger charge is -2.13. The summed E-state index contributed by atoms with van der Waals surface area (Å²) in [4.78, 5) is 24.6. The molecule has 0 spiro atoms. The van der Waals surface area contributed by atoms with Crippen LogP contribution in [0.3, 0.4) is 0 Å². The molecule has 0 aliphatic carbocycles. The molecule has 140 valence electrons. The molecule has 0 saturated heterocycles. The monoisotopic (exact) mass is 393 g/mol. The number of hydrogen-bond acceptors (Lipinski definition) is 7. The average molecular weight is 393 g/mol. The Morgan fingerprint density at radius 2 is 1.68 bits per heavy atom. The van der Waals surface area contributed by atoms with Gasteiger partial charge in [0, 0.05) is 6.92 Å². The van der Waals surface area contributed by atoms with Gasteiger partial charge in [0.05, 0.1) is 11.4 Å². The number of amides is 2. The van der Waals surface area contributed by atoms with Crippen molar-refractivity contribution in [3.05, 3.63) is 60.7 Å². The number of carbonyl (C=O) groups is 2. The SMILES string of the molecule is CC(=O)NC1=NN(c2ccccc2)C(=O)[C@@H]1Sc1nnnn1-c1ccccc1. The van der Waals surface area contributed by atoms with Crippen LogP contribution in [0.15, 0.2) is 70.9 Å². The first-order valence-electron chi connectivity index (χ1n) is 8.39. The van der Waals surface area contributed by atoms with Crippen LogP contribution in [0.5, 0.6) is 0 Å². The Bertz CT molecular complexity index is 1040. The second-order valence-electron chi connectivity index (χ2n) is 5.86. The third-order valence-corrected chi connectivity index (χ3v) is 4.98. The van der Waals surface area contributed by atoms with Crippen molar-refractivity contribution < 1.29 is 9.59 Å². The van der Waals surface area contributed by atoms with Gasteiger partial charge >= 0.3 is 0 Å². The van der Waals surface area contributed by atoms with Crippen LogP contribution >= 0.6 is 11.8 Å². The van der Waals surface area contributed by atoms with Gasteiger partial charge < -0.3 is 5.32 Å². The van der Waals surface area contributed by atoms with E-state index in [9.17, 15) is 9.59 Å². The van der Waals surface area contributed by atoms with Gasteiger partial charge in [0.1, 0.15) is 0 Å². The number of aromatic nitrogens is 4. The predicted octanol–water partition coefficient (Wildman–Crippen LogP) is 1.62. The van der Waals surface area contributed by atoms with Gasteiger partial charge in [-0.1, -0.05) is 48.2 Å². The molecule has 4 rings (SSSR count). The number of rotatable bonds is 4. The highest BCUT2D eigenvalue weighted by molar-refractivity contribution is 8.01. The molecule has 2 heterocycles. The summed E-state index contributed by atoms with van der Waals surface area (Å²) in [5, 5.41) is 19.6. The second-order valence-corrected chi connectivity index (χ2v) is 6.93. The summed E-state index contributed by atoms with van der Waals surface area (Å²) in [5.74, 6) is -0.355. The summed E-state index contributed by atoms with van der Waals surface area (Å²) in [6.45, 7) is 1.37. The number of thioether (sulfide) groups is 1. The van der Waals surface area contributed by atoms with E-state index in [4.69, 9.17) is 0 Å². The number of carbonyl (C=O) groups excluding carboxylic acids is 2. The number of amidine groups is 1. The zero-order chi connectivity index (χ0) is 19.5. The molecule has 0 saturated carbocycles. The van der Waals surface area contributed by atoms with Crippen LogP contribution in [0.4, 0.5) is 5.69 Å². The molecule has 0 bridgehead atoms. The van der Waals surface area contributed by atoms with E-state index < -0.39 is 5.25 Å². The average Bonchev–Trinajstić information content (AvgIpc) is 3.29. The summed E-state index contributed by atoms with van der Waals surface area (Å²) in [5.41, 5.74) is 1.37. The number of nitrogens with one attached hydrogen (secondary N) is 1. The van der Waals surface area contributed by atoms with Crippen molar-refractivity contribution in [2.24, 2.45) is 5.10 Å². The minimum atomic E-state index is -0.780. The molecule has 1 aliphatic rings. The Hall–Kier alpha value is -3.53. The van der Waals surface area contributed by atoms with Gasteiger partial charge in [-0.15, -0.1) is 10.2 Å². The molecule has 0 unspecified atom stereocenters. The molecule has 1 atom stereocenters. The van der Waals surface area contributed by atoms with Gasteiger partial charge in [-0.05, 0) is 34.7 Å². The van der Waals surface area contributed by atoms with Crippen molar-refractivity contribution in [2.45, 2.75) is 17.3 Å². The molecule has 1 aromatic heterocycles. The zero-order valence-corrected chi connectivity index (χ0v) is 15.6. The van der Waals surface area contributed by atoms with Crippen molar-refractivity contribution in [1.29, 1.82) is 0 Å². The summed E-state index contributed by atoms with van der Waals surface area (Å²) >= 11 is 1.13. The van der Waals surface area contributed by atoms with Crippen LogP contribution in [0, 0.1) is 0 Å². The number of tetrazole rings is 1. The molecular weight excluding hydrogens is 378 g/mol. The highest BCUT2D eigenvalue weighted by Crippen LogP contribution is 2.30. The van der Waals surface area contributed by atoms with E-state index in [1.165, 1.54) is 16.6 Å². The third-order valence-electron chi connectivity index (χ3n) is 3.86. The van der Waals surface area contributed by atoms with E-state index in [-0.39, 0.29) is 17.6 Å². The fourth-order valence-corrected chi connectivity index (χ4v) is 3.61. The summed E-state index contributed by atoms with van der Waals surface area (Å²) in [7, 11) is 0. The maximum atomic E-state index is 13.0. The van der Waals surface area contributed by atoms with E-state index in [0.717, 1.165) is 17.4 Å². The van der Waals surface area contributed by atoms with E-state index in [1.54, 1.807) is 12.1 Å². The largest absolute Gasteiger partial charge is 0.312 e. The number of para-hydroxylation sites is 2. The number of nitrogens with zero attached hydrogens (tertiary/aromatic N) is 6. The van der Waals surface area contributed by atoms with Gasteiger partial charge in [-0.25, -0.2) is 0 Å². The highest BCUT2D eigenvalue weighted by atomic mass is 32.2. The first-order valence-corrected chi connectivity index (χ1v) is 9.27. The molecule has 9 nitrogen and oxygen atoms in total. The van der Waals surface area contributed by atoms with Crippen LogP contribution in [0.2, 0.25) is 0 Å². The van der Waals surface area contributed by atoms with Gasteiger partial charge in [0.15, 0.2) is 11.1 Å². The highest BCUT2D eigenvalue weighted by Gasteiger charge is 2.39. The Balaban J connectivity index is 1.65. The standard InChI is InChI=1S/C18H15N7O2S/c1-12(26)19-16-15(17(27)24(21-16)13-8-4-2-5-9-13)28-18-20-22-23-25(18)14-10-6-3-7-11-14/h2-11,15H,1H3,(H,19,21,26)/t15-/m1/s1. The Morgan fingerprint density at radius 3 is 2.32 bits per heavy atom. The van der Waals surface area contributed by atoms with Crippen LogP contribution in [0.25, 0.3) is 5.69 Å². The molecule has 1 aliphatic heterocycles. The minimum Gasteiger partial charge on any atom is -0.312 e. The zero-order valence-electron chi connectivity index (χ0n) is 14.8. The lowest BCUT2D eigenvalue weighted by atomic mass is 10.3. The smallest absolute Gasteiger partial charge is 0.268 e. The molecule has 1 N–H and O–H groups in total. The number of anilines is 1.